The number of hydrogen-bond donors (Lipinski definition) is 0. The van der Waals surface area contributed by atoms with Crippen molar-refractivity contribution < 1.29 is 32.2 Å². The lowest BCUT2D eigenvalue weighted by atomic mass is 9.84. The van der Waals surface area contributed by atoms with Gasteiger partial charge in [0.25, 0.3) is 5.56 Å². The maximum atomic E-state index is 14.7. The lowest BCUT2D eigenvalue weighted by Gasteiger charge is -2.31. The van der Waals surface area contributed by atoms with Crippen molar-refractivity contribution in [2.24, 2.45) is 5.92 Å². The van der Waals surface area contributed by atoms with Crippen LogP contribution in [0.3, 0.4) is 0 Å². The minimum atomic E-state index is -4.80. The third kappa shape index (κ3) is 6.84. The maximum absolute atomic E-state index is 14.7. The number of benzene rings is 2. The molecule has 3 aromatic rings. The number of pyridine rings is 1. The lowest BCUT2D eigenvalue weighted by molar-refractivity contribution is -0.166. The number of esters is 1. The van der Waals surface area contributed by atoms with Crippen LogP contribution in [-0.4, -0.2) is 29.9 Å². The third-order valence-electron chi connectivity index (χ3n) is 6.75. The van der Waals surface area contributed by atoms with Crippen LogP contribution < -0.4 is 10.3 Å². The second-order valence-electron chi connectivity index (χ2n) is 11.7. The molecule has 1 aromatic heterocycles. The van der Waals surface area contributed by atoms with Crippen molar-refractivity contribution in [3.05, 3.63) is 75.7 Å². The summed E-state index contributed by atoms with van der Waals surface area (Å²) in [6, 6.07) is 10.6. The number of rotatable bonds is 7. The molecule has 1 atom stereocenters. The van der Waals surface area contributed by atoms with E-state index in [1.165, 1.54) is 12.1 Å². The Morgan fingerprint density at radius 2 is 1.76 bits per heavy atom. The van der Waals surface area contributed by atoms with Crippen molar-refractivity contribution in [3.8, 4) is 28.0 Å². The second kappa shape index (κ2) is 11.7. The Balaban J connectivity index is 2.13. The van der Waals surface area contributed by atoms with Crippen molar-refractivity contribution in [2.45, 2.75) is 71.9 Å². The Morgan fingerprint density at radius 3 is 2.39 bits per heavy atom. The number of methoxy groups -OCH3 is 1. The predicted octanol–water partition coefficient (Wildman–Crippen LogP) is 7.21. The molecule has 41 heavy (non-hydrogen) atoms. The molecule has 0 aliphatic carbocycles. The van der Waals surface area contributed by atoms with Crippen molar-refractivity contribution in [1.82, 2.24) is 4.57 Å². The van der Waals surface area contributed by atoms with Gasteiger partial charge in [-0.05, 0) is 91.6 Å². The normalized spacial score (nSPS) is 14.4. The highest BCUT2D eigenvalue weighted by Gasteiger charge is 2.42. The molecule has 0 saturated carbocycles. The van der Waals surface area contributed by atoms with E-state index in [9.17, 15) is 22.8 Å². The van der Waals surface area contributed by atoms with Gasteiger partial charge in [0.1, 0.15) is 5.75 Å². The SMILES string of the molecule is COC(=O)C(OC(C)(C)C)c1c(C(F)(F)F)ccc(-c2ccc(=O)n(CC(C)C)c2)c1-c1ccc2c(c1)CCCO2. The summed E-state index contributed by atoms with van der Waals surface area (Å²) in [5.74, 6) is -0.110. The third-order valence-corrected chi connectivity index (χ3v) is 6.75. The first-order valence-corrected chi connectivity index (χ1v) is 13.7. The van der Waals surface area contributed by atoms with Crippen molar-refractivity contribution in [3.63, 3.8) is 0 Å². The van der Waals surface area contributed by atoms with Crippen LogP contribution in [0.5, 0.6) is 5.75 Å². The molecular weight excluding hydrogens is 535 g/mol. The minimum absolute atomic E-state index is 0.162. The standard InChI is InChI=1S/C32H36F3NO5/c1-19(2)17-36-18-22(10-14-26(36)37)23-11-12-24(32(33,34)35)28(29(30(38)39-6)41-31(3,4)5)27(23)21-9-13-25-20(16-21)8-7-15-40-25/h9-14,16,18-19,29H,7-8,15,17H2,1-6H3. The van der Waals surface area contributed by atoms with Gasteiger partial charge in [-0.15, -0.1) is 0 Å². The fourth-order valence-electron chi connectivity index (χ4n) is 5.12. The predicted molar refractivity (Wildman–Crippen MR) is 151 cm³/mol. The fraction of sp³-hybridized carbons (Fsp3) is 0.438. The molecule has 9 heteroatoms. The molecule has 0 spiro atoms. The highest BCUT2D eigenvalue weighted by atomic mass is 19.4. The number of nitrogens with zero attached hydrogens (tertiary/aromatic N) is 1. The van der Waals surface area contributed by atoms with Gasteiger partial charge in [0.05, 0.1) is 24.9 Å². The summed E-state index contributed by atoms with van der Waals surface area (Å²) in [6.45, 7) is 9.94. The first kappa shape index (κ1) is 30.4. The number of carbonyl (C=O) groups is 1. The van der Waals surface area contributed by atoms with Crippen molar-refractivity contribution in [2.75, 3.05) is 13.7 Å². The average Bonchev–Trinajstić information content (AvgIpc) is 2.90. The van der Waals surface area contributed by atoms with E-state index in [0.717, 1.165) is 25.2 Å². The van der Waals surface area contributed by atoms with Gasteiger partial charge in [0, 0.05) is 24.4 Å². The molecule has 4 rings (SSSR count). The molecule has 0 bridgehead atoms. The Hall–Kier alpha value is -3.59. The smallest absolute Gasteiger partial charge is 0.416 e. The zero-order chi connectivity index (χ0) is 30.1. The summed E-state index contributed by atoms with van der Waals surface area (Å²) in [6.07, 6.45) is -3.36. The summed E-state index contributed by atoms with van der Waals surface area (Å²) >= 11 is 0. The minimum Gasteiger partial charge on any atom is -0.493 e. The topological polar surface area (TPSA) is 66.8 Å². The van der Waals surface area contributed by atoms with Crippen LogP contribution in [0, 0.1) is 5.92 Å². The van der Waals surface area contributed by atoms with E-state index in [2.05, 4.69) is 0 Å². The van der Waals surface area contributed by atoms with Crippen LogP contribution in [0.4, 0.5) is 13.2 Å². The zero-order valence-electron chi connectivity index (χ0n) is 24.2. The van der Waals surface area contributed by atoms with Gasteiger partial charge < -0.3 is 18.8 Å². The fourth-order valence-corrected chi connectivity index (χ4v) is 5.12. The second-order valence-corrected chi connectivity index (χ2v) is 11.7. The summed E-state index contributed by atoms with van der Waals surface area (Å²) in [4.78, 5) is 25.8. The van der Waals surface area contributed by atoms with Gasteiger partial charge in [-0.3, -0.25) is 4.79 Å². The summed E-state index contributed by atoms with van der Waals surface area (Å²) in [5.41, 5.74) is -0.0678. The number of fused-ring (bicyclic) bond motifs is 1. The summed E-state index contributed by atoms with van der Waals surface area (Å²) in [7, 11) is 1.12. The Kier molecular flexibility index (Phi) is 8.68. The highest BCUT2D eigenvalue weighted by Crippen LogP contribution is 2.47. The molecule has 0 amide bonds. The van der Waals surface area contributed by atoms with E-state index in [1.807, 2.05) is 19.9 Å². The molecule has 1 aliphatic heterocycles. The van der Waals surface area contributed by atoms with E-state index in [0.29, 0.717) is 42.0 Å². The van der Waals surface area contributed by atoms with E-state index in [-0.39, 0.29) is 22.6 Å². The van der Waals surface area contributed by atoms with E-state index in [4.69, 9.17) is 14.2 Å². The van der Waals surface area contributed by atoms with Gasteiger partial charge >= 0.3 is 12.1 Å². The molecule has 0 radical (unpaired) electrons. The first-order chi connectivity index (χ1) is 19.2. The number of carbonyl (C=O) groups excluding carboxylic acids is 1. The summed E-state index contributed by atoms with van der Waals surface area (Å²) in [5, 5.41) is 0. The molecule has 2 aromatic carbocycles. The number of hydrogen-bond acceptors (Lipinski definition) is 5. The molecule has 0 N–H and O–H groups in total. The van der Waals surface area contributed by atoms with Crippen molar-refractivity contribution >= 4 is 5.97 Å². The number of alkyl halides is 3. The van der Waals surface area contributed by atoms with Crippen LogP contribution >= 0.6 is 0 Å². The Labute approximate surface area is 238 Å². The number of halogens is 3. The Bertz CT molecular complexity index is 1480. The van der Waals surface area contributed by atoms with E-state index in [1.54, 1.807) is 49.7 Å². The van der Waals surface area contributed by atoms with Crippen LogP contribution in [0.1, 0.15) is 63.8 Å². The molecule has 220 valence electrons. The highest BCUT2D eigenvalue weighted by molar-refractivity contribution is 5.91. The molecule has 1 aliphatic rings. The van der Waals surface area contributed by atoms with Gasteiger partial charge in [-0.1, -0.05) is 26.0 Å². The molecule has 0 fully saturated rings. The van der Waals surface area contributed by atoms with E-state index < -0.39 is 29.4 Å². The molecule has 6 nitrogen and oxygen atoms in total. The summed E-state index contributed by atoms with van der Waals surface area (Å²) < 4.78 is 62.4. The number of ether oxygens (including phenoxy) is 3. The van der Waals surface area contributed by atoms with Gasteiger partial charge in [0.15, 0.2) is 6.10 Å². The van der Waals surface area contributed by atoms with Gasteiger partial charge in [-0.25, -0.2) is 4.79 Å². The Morgan fingerprint density at radius 1 is 1.05 bits per heavy atom. The average molecular weight is 572 g/mol. The van der Waals surface area contributed by atoms with E-state index >= 15 is 0 Å². The van der Waals surface area contributed by atoms with Crippen LogP contribution in [-0.2, 0) is 33.4 Å². The van der Waals surface area contributed by atoms with Crippen molar-refractivity contribution in [1.29, 1.82) is 0 Å². The molecule has 0 saturated heterocycles. The lowest BCUT2D eigenvalue weighted by Crippen LogP contribution is -2.30. The number of aryl methyl sites for hydroxylation is 1. The van der Waals surface area contributed by atoms with Crippen LogP contribution in [0.25, 0.3) is 22.3 Å². The quantitative estimate of drug-likeness (QED) is 0.280. The molecule has 1 unspecified atom stereocenters. The zero-order valence-corrected chi connectivity index (χ0v) is 24.2. The molecule has 2 heterocycles. The first-order valence-electron chi connectivity index (χ1n) is 13.7. The van der Waals surface area contributed by atoms with Crippen LogP contribution in [0.2, 0.25) is 0 Å². The number of aromatic nitrogens is 1. The largest absolute Gasteiger partial charge is 0.493 e. The molecular formula is C32H36F3NO5. The monoisotopic (exact) mass is 571 g/mol. The maximum Gasteiger partial charge on any atom is 0.416 e. The van der Waals surface area contributed by atoms with Gasteiger partial charge in [-0.2, -0.15) is 13.2 Å². The van der Waals surface area contributed by atoms with Gasteiger partial charge in [0.2, 0.25) is 0 Å². The van der Waals surface area contributed by atoms with Crippen LogP contribution in [0.15, 0.2) is 53.5 Å².